The molecule has 2 heterocycles. The number of urea groups is 1. The highest BCUT2D eigenvalue weighted by Gasteiger charge is 2.42. The van der Waals surface area contributed by atoms with E-state index in [4.69, 9.17) is 0 Å². The Balaban J connectivity index is 1.31. The zero-order chi connectivity index (χ0) is 18.4. The van der Waals surface area contributed by atoms with Crippen molar-refractivity contribution in [2.45, 2.75) is 62.3 Å². The van der Waals surface area contributed by atoms with Crippen LogP contribution in [0, 0.1) is 0 Å². The van der Waals surface area contributed by atoms with Crippen LogP contribution in [0.25, 0.3) is 0 Å². The smallest absolute Gasteiger partial charge is 0.315 e. The summed E-state index contributed by atoms with van der Waals surface area (Å²) in [5.41, 5.74) is 1.29. The second kappa shape index (κ2) is 9.31. The zero-order valence-corrected chi connectivity index (χ0v) is 16.2. The van der Waals surface area contributed by atoms with Gasteiger partial charge in [0.2, 0.25) is 5.91 Å². The van der Waals surface area contributed by atoms with Gasteiger partial charge < -0.3 is 16.0 Å². The van der Waals surface area contributed by atoms with Gasteiger partial charge in [-0.15, -0.1) is 0 Å². The zero-order valence-electron chi connectivity index (χ0n) is 15.4. The van der Waals surface area contributed by atoms with Crippen molar-refractivity contribution in [3.63, 3.8) is 0 Å². The summed E-state index contributed by atoms with van der Waals surface area (Å²) in [6.45, 7) is 2.87. The lowest BCUT2D eigenvalue weighted by molar-refractivity contribution is -0.121. The Bertz CT molecular complexity index is 610. The van der Waals surface area contributed by atoms with Crippen molar-refractivity contribution >= 4 is 23.7 Å². The van der Waals surface area contributed by atoms with Crippen LogP contribution in [0.1, 0.15) is 50.5 Å². The second-order valence-corrected chi connectivity index (χ2v) is 8.46. The van der Waals surface area contributed by atoms with E-state index in [1.165, 1.54) is 5.56 Å². The van der Waals surface area contributed by atoms with Crippen LogP contribution in [0.5, 0.6) is 0 Å². The minimum absolute atomic E-state index is 0.0337. The van der Waals surface area contributed by atoms with Crippen LogP contribution in [0.2, 0.25) is 0 Å². The van der Waals surface area contributed by atoms with Gasteiger partial charge in [0.1, 0.15) is 0 Å². The highest BCUT2D eigenvalue weighted by Crippen LogP contribution is 2.33. The molecule has 5 nitrogen and oxygen atoms in total. The first-order valence-electron chi connectivity index (χ1n) is 9.67. The van der Waals surface area contributed by atoms with E-state index < -0.39 is 0 Å². The molecule has 2 saturated heterocycles. The van der Waals surface area contributed by atoms with Crippen molar-refractivity contribution in [2.24, 2.45) is 0 Å². The second-order valence-electron chi connectivity index (χ2n) is 7.19. The average Bonchev–Trinajstić information content (AvgIpc) is 3.19. The SMILES string of the molecule is CCC(CNC(=O)CCCC[C@@H]1SC[C@@H]2NC(=O)N[C@@H]21)c1ccccc1. The summed E-state index contributed by atoms with van der Waals surface area (Å²) in [7, 11) is 0. The summed E-state index contributed by atoms with van der Waals surface area (Å²) >= 11 is 1.93. The number of rotatable bonds is 9. The topological polar surface area (TPSA) is 70.2 Å². The van der Waals surface area contributed by atoms with Gasteiger partial charge in [-0.1, -0.05) is 43.7 Å². The molecule has 0 radical (unpaired) electrons. The predicted octanol–water partition coefficient (Wildman–Crippen LogP) is 3.02. The fraction of sp³-hybridized carbons (Fsp3) is 0.600. The molecule has 2 aliphatic rings. The number of nitrogens with one attached hydrogen (secondary N) is 3. The van der Waals surface area contributed by atoms with E-state index in [2.05, 4.69) is 35.0 Å². The summed E-state index contributed by atoms with van der Waals surface area (Å²) < 4.78 is 0. The van der Waals surface area contributed by atoms with Crippen molar-refractivity contribution in [3.05, 3.63) is 35.9 Å². The summed E-state index contributed by atoms with van der Waals surface area (Å²) in [5, 5.41) is 9.55. The summed E-state index contributed by atoms with van der Waals surface area (Å²) in [4.78, 5) is 23.5. The molecular weight excluding hydrogens is 346 g/mol. The molecule has 3 N–H and O–H groups in total. The van der Waals surface area contributed by atoms with Crippen molar-refractivity contribution in [2.75, 3.05) is 12.3 Å². The first-order valence-corrected chi connectivity index (χ1v) is 10.7. The maximum Gasteiger partial charge on any atom is 0.315 e. The van der Waals surface area contributed by atoms with Gasteiger partial charge in [-0.25, -0.2) is 4.79 Å². The van der Waals surface area contributed by atoms with Gasteiger partial charge >= 0.3 is 6.03 Å². The standard InChI is InChI=1S/C20H29N3O2S/c1-2-14(15-8-4-3-5-9-15)12-21-18(24)11-7-6-10-17-19-16(13-26-17)22-20(25)23-19/h3-5,8-9,14,16-17,19H,2,6-7,10-13H2,1H3,(H,21,24)(H2,22,23,25)/t14?,16-,17-,19-/m0/s1. The van der Waals surface area contributed by atoms with Gasteiger partial charge in [-0.2, -0.15) is 11.8 Å². The first-order chi connectivity index (χ1) is 12.7. The normalized spacial score (nSPS) is 25.3. The largest absolute Gasteiger partial charge is 0.355 e. The molecule has 142 valence electrons. The van der Waals surface area contributed by atoms with Crippen molar-refractivity contribution < 1.29 is 9.59 Å². The highest BCUT2D eigenvalue weighted by molar-refractivity contribution is 8.00. The van der Waals surface area contributed by atoms with Crippen molar-refractivity contribution in [3.8, 4) is 0 Å². The number of amides is 3. The minimum Gasteiger partial charge on any atom is -0.355 e. The van der Waals surface area contributed by atoms with Crippen LogP contribution >= 0.6 is 11.8 Å². The average molecular weight is 376 g/mol. The number of unbranched alkanes of at least 4 members (excludes halogenated alkanes) is 1. The third-order valence-electron chi connectivity index (χ3n) is 5.39. The lowest BCUT2D eigenvalue weighted by Crippen LogP contribution is -2.36. The van der Waals surface area contributed by atoms with Crippen molar-refractivity contribution in [1.29, 1.82) is 0 Å². The van der Waals surface area contributed by atoms with Gasteiger partial charge in [0.25, 0.3) is 0 Å². The molecule has 0 spiro atoms. The van der Waals surface area contributed by atoms with Crippen LogP contribution in [0.4, 0.5) is 4.79 Å². The molecule has 6 heteroatoms. The van der Waals surface area contributed by atoms with Crippen LogP contribution in [0.15, 0.2) is 30.3 Å². The highest BCUT2D eigenvalue weighted by atomic mass is 32.2. The number of benzene rings is 1. The molecule has 0 saturated carbocycles. The van der Waals surface area contributed by atoms with Crippen LogP contribution < -0.4 is 16.0 Å². The molecule has 0 aliphatic carbocycles. The van der Waals surface area contributed by atoms with E-state index >= 15 is 0 Å². The number of hydrogen-bond acceptors (Lipinski definition) is 3. The molecule has 2 aliphatic heterocycles. The minimum atomic E-state index is -0.0337. The lowest BCUT2D eigenvalue weighted by atomic mass is 9.96. The Morgan fingerprint density at radius 2 is 2.08 bits per heavy atom. The van der Waals surface area contributed by atoms with Crippen LogP contribution in [0.3, 0.4) is 0 Å². The number of carbonyl (C=O) groups is 2. The van der Waals surface area contributed by atoms with E-state index in [-0.39, 0.29) is 24.0 Å². The van der Waals surface area contributed by atoms with Gasteiger partial charge in [-0.05, 0) is 24.8 Å². The Labute approximate surface area is 160 Å². The van der Waals surface area contributed by atoms with E-state index in [0.29, 0.717) is 24.1 Å². The molecule has 0 bridgehead atoms. The van der Waals surface area contributed by atoms with E-state index in [0.717, 1.165) is 31.4 Å². The fourth-order valence-corrected chi connectivity index (χ4v) is 5.37. The molecule has 0 aromatic heterocycles. The molecule has 1 aromatic carbocycles. The van der Waals surface area contributed by atoms with E-state index in [1.807, 2.05) is 30.0 Å². The van der Waals surface area contributed by atoms with E-state index in [1.54, 1.807) is 0 Å². The molecule has 1 aromatic rings. The first kappa shape index (κ1) is 19.1. The predicted molar refractivity (Wildman–Crippen MR) is 106 cm³/mol. The maximum absolute atomic E-state index is 12.1. The van der Waals surface area contributed by atoms with Crippen molar-refractivity contribution in [1.82, 2.24) is 16.0 Å². The Morgan fingerprint density at radius 3 is 2.85 bits per heavy atom. The molecule has 4 atom stereocenters. The van der Waals surface area contributed by atoms with Gasteiger partial charge in [-0.3, -0.25) is 4.79 Å². The molecular formula is C20H29N3O2S. The Hall–Kier alpha value is -1.69. The molecule has 26 heavy (non-hydrogen) atoms. The monoisotopic (exact) mass is 375 g/mol. The summed E-state index contributed by atoms with van der Waals surface area (Å²) in [5.74, 6) is 1.52. The Morgan fingerprint density at radius 1 is 1.27 bits per heavy atom. The Kier molecular flexibility index (Phi) is 6.83. The van der Waals surface area contributed by atoms with Gasteiger partial charge in [0, 0.05) is 29.9 Å². The third kappa shape index (κ3) is 4.93. The maximum atomic E-state index is 12.1. The van der Waals surface area contributed by atoms with Gasteiger partial charge in [0.05, 0.1) is 12.1 Å². The van der Waals surface area contributed by atoms with E-state index in [9.17, 15) is 9.59 Å². The number of fused-ring (bicyclic) bond motifs is 1. The number of carbonyl (C=O) groups excluding carboxylic acids is 2. The number of hydrogen-bond donors (Lipinski definition) is 3. The van der Waals surface area contributed by atoms with Crippen LogP contribution in [-0.4, -0.2) is 41.6 Å². The lowest BCUT2D eigenvalue weighted by Gasteiger charge is -2.17. The number of thioether (sulfide) groups is 1. The van der Waals surface area contributed by atoms with Crippen LogP contribution in [-0.2, 0) is 4.79 Å². The molecule has 3 amide bonds. The summed E-state index contributed by atoms with van der Waals surface area (Å²) in [6.07, 6.45) is 4.60. The summed E-state index contributed by atoms with van der Waals surface area (Å²) in [6, 6.07) is 10.9. The third-order valence-corrected chi connectivity index (χ3v) is 6.90. The fourth-order valence-electron chi connectivity index (χ4n) is 3.82. The quantitative estimate of drug-likeness (QED) is 0.459. The molecule has 1 unspecified atom stereocenters. The molecule has 2 fully saturated rings. The molecule has 3 rings (SSSR count). The van der Waals surface area contributed by atoms with Gasteiger partial charge in [0.15, 0.2) is 0 Å².